The minimum atomic E-state index is -1.10. The molecule has 2 aromatic carbocycles. The van der Waals surface area contributed by atoms with Crippen LogP contribution in [0.15, 0.2) is 36.4 Å². The lowest BCUT2D eigenvalue weighted by Gasteiger charge is -2.22. The number of rotatable bonds is 6. The van der Waals surface area contributed by atoms with Gasteiger partial charge in [0, 0.05) is 25.3 Å². The third kappa shape index (κ3) is 4.38. The Morgan fingerprint density at radius 1 is 1.00 bits per heavy atom. The monoisotopic (exact) mass is 487 g/mol. The van der Waals surface area contributed by atoms with Gasteiger partial charge in [-0.15, -0.1) is 0 Å². The van der Waals surface area contributed by atoms with Crippen LogP contribution in [0, 0.1) is 23.5 Å². The number of thioether (sulfide) groups is 1. The van der Waals surface area contributed by atoms with Crippen molar-refractivity contribution in [1.29, 1.82) is 0 Å². The first-order chi connectivity index (χ1) is 16.4. The van der Waals surface area contributed by atoms with Gasteiger partial charge in [-0.3, -0.25) is 14.5 Å². The van der Waals surface area contributed by atoms with E-state index in [9.17, 15) is 23.5 Å². The Kier molecular flexibility index (Phi) is 6.48. The predicted octanol–water partition coefficient (Wildman–Crippen LogP) is 3.61. The number of amides is 2. The molecule has 0 spiro atoms. The molecule has 6 nitrogen and oxygen atoms in total. The van der Waals surface area contributed by atoms with E-state index in [0.29, 0.717) is 36.1 Å². The molecule has 34 heavy (non-hydrogen) atoms. The Labute approximate surface area is 201 Å². The quantitative estimate of drug-likeness (QED) is 0.607. The molecule has 9 heteroatoms. The summed E-state index contributed by atoms with van der Waals surface area (Å²) >= 11 is 1.96. The molecule has 0 bridgehead atoms. The maximum atomic E-state index is 14.9. The fourth-order valence-corrected chi connectivity index (χ4v) is 6.38. The van der Waals surface area contributed by atoms with Crippen LogP contribution >= 0.6 is 11.8 Å². The standard InChI is InChI=1S/C25H27F2N3O3S/c26-21-9-17(10-22(27)23(21)29-12-15-5-7-34-8-6-16(15)13-29)28-11-18(31)14-30-24(32)19-3-1-2-4-20(19)25(30)33/h1-4,9-10,15-16,18,28,31H,5-8,11-14H2/t15?,16?,18-/m1/s1. The van der Waals surface area contributed by atoms with Crippen molar-refractivity contribution < 1.29 is 23.5 Å². The highest BCUT2D eigenvalue weighted by molar-refractivity contribution is 7.99. The van der Waals surface area contributed by atoms with Gasteiger partial charge in [0.2, 0.25) is 0 Å². The molecular formula is C25H27F2N3O3S. The molecule has 0 radical (unpaired) electrons. The van der Waals surface area contributed by atoms with Crippen LogP contribution in [0.5, 0.6) is 0 Å². The number of benzene rings is 2. The van der Waals surface area contributed by atoms with Gasteiger partial charge >= 0.3 is 0 Å². The van der Waals surface area contributed by atoms with E-state index in [1.807, 2.05) is 16.7 Å². The Hall–Kier alpha value is -2.65. The first kappa shape index (κ1) is 23.1. The lowest BCUT2D eigenvalue weighted by atomic mass is 9.92. The van der Waals surface area contributed by atoms with Gasteiger partial charge in [-0.2, -0.15) is 11.8 Å². The predicted molar refractivity (Wildman–Crippen MR) is 128 cm³/mol. The third-order valence-corrected chi connectivity index (χ3v) is 8.04. The van der Waals surface area contributed by atoms with E-state index >= 15 is 0 Å². The summed E-state index contributed by atoms with van der Waals surface area (Å²) in [4.78, 5) is 27.7. The molecule has 0 aliphatic carbocycles. The average Bonchev–Trinajstić information content (AvgIpc) is 3.21. The number of carbonyl (C=O) groups is 2. The Morgan fingerprint density at radius 2 is 1.56 bits per heavy atom. The number of nitrogens with one attached hydrogen (secondary N) is 1. The van der Waals surface area contributed by atoms with E-state index in [2.05, 4.69) is 5.32 Å². The summed E-state index contributed by atoms with van der Waals surface area (Å²) < 4.78 is 29.9. The summed E-state index contributed by atoms with van der Waals surface area (Å²) in [6.45, 7) is 1.06. The Balaban J connectivity index is 1.20. The van der Waals surface area contributed by atoms with Gasteiger partial charge in [-0.25, -0.2) is 8.78 Å². The summed E-state index contributed by atoms with van der Waals surface area (Å²) in [6.07, 6.45) is 1.07. The zero-order valence-corrected chi connectivity index (χ0v) is 19.5. The van der Waals surface area contributed by atoms with Crippen molar-refractivity contribution in [2.45, 2.75) is 18.9 Å². The number of halogens is 2. The second-order valence-electron chi connectivity index (χ2n) is 9.20. The number of fused-ring (bicyclic) bond motifs is 2. The number of hydrogen-bond donors (Lipinski definition) is 2. The maximum Gasteiger partial charge on any atom is 0.261 e. The molecule has 0 saturated carbocycles. The highest BCUT2D eigenvalue weighted by Gasteiger charge is 2.37. The number of aliphatic hydroxyl groups excluding tert-OH is 1. The summed E-state index contributed by atoms with van der Waals surface area (Å²) in [6, 6.07) is 8.96. The number of imide groups is 1. The van der Waals surface area contributed by atoms with Crippen molar-refractivity contribution in [3.05, 3.63) is 59.2 Å². The highest BCUT2D eigenvalue weighted by atomic mass is 32.2. The molecule has 2 fully saturated rings. The van der Waals surface area contributed by atoms with Crippen LogP contribution in [0.25, 0.3) is 0 Å². The summed E-state index contributed by atoms with van der Waals surface area (Å²) in [5.74, 6) is 0.972. The zero-order chi connectivity index (χ0) is 23.8. The van der Waals surface area contributed by atoms with E-state index in [0.717, 1.165) is 29.2 Å². The number of β-amino-alcohol motifs (C(OH)–C–C–N with tert-alkyl or cyclic N) is 1. The summed E-state index contributed by atoms with van der Waals surface area (Å²) in [5, 5.41) is 13.2. The fraction of sp³-hybridized carbons (Fsp3) is 0.440. The molecule has 2 N–H and O–H groups in total. The topological polar surface area (TPSA) is 72.9 Å². The van der Waals surface area contributed by atoms with Crippen molar-refractivity contribution in [2.75, 3.05) is 47.9 Å². The summed E-state index contributed by atoms with van der Waals surface area (Å²) in [5.41, 5.74) is 0.829. The molecule has 5 rings (SSSR count). The lowest BCUT2D eigenvalue weighted by Crippen LogP contribution is -2.39. The van der Waals surface area contributed by atoms with Gasteiger partial charge in [-0.05, 0) is 60.4 Å². The molecule has 180 valence electrons. The van der Waals surface area contributed by atoms with E-state index < -0.39 is 29.6 Å². The molecule has 2 saturated heterocycles. The van der Waals surface area contributed by atoms with Gasteiger partial charge in [0.1, 0.15) is 5.69 Å². The van der Waals surface area contributed by atoms with Crippen LogP contribution in [0.1, 0.15) is 33.6 Å². The second kappa shape index (κ2) is 9.54. The van der Waals surface area contributed by atoms with Crippen LogP contribution in [0.2, 0.25) is 0 Å². The molecule has 2 amide bonds. The third-order valence-electron chi connectivity index (χ3n) is 6.99. The van der Waals surface area contributed by atoms with E-state index in [1.165, 1.54) is 12.1 Å². The van der Waals surface area contributed by atoms with Crippen molar-refractivity contribution in [3.8, 4) is 0 Å². The molecule has 2 unspecified atom stereocenters. The Bertz CT molecular complexity index is 1040. The van der Waals surface area contributed by atoms with E-state index in [-0.39, 0.29) is 24.5 Å². The number of aliphatic hydroxyl groups is 1. The number of hydrogen-bond acceptors (Lipinski definition) is 6. The lowest BCUT2D eigenvalue weighted by molar-refractivity contribution is 0.0558. The molecule has 3 atom stereocenters. The van der Waals surface area contributed by atoms with Gasteiger partial charge in [0.05, 0.1) is 23.8 Å². The van der Waals surface area contributed by atoms with Crippen molar-refractivity contribution >= 4 is 35.0 Å². The van der Waals surface area contributed by atoms with Crippen LogP contribution < -0.4 is 10.2 Å². The summed E-state index contributed by atoms with van der Waals surface area (Å²) in [7, 11) is 0. The number of nitrogens with zero attached hydrogens (tertiary/aromatic N) is 2. The van der Waals surface area contributed by atoms with Crippen LogP contribution in [-0.2, 0) is 0 Å². The van der Waals surface area contributed by atoms with Crippen LogP contribution in [-0.4, -0.2) is 65.6 Å². The van der Waals surface area contributed by atoms with E-state index in [4.69, 9.17) is 0 Å². The van der Waals surface area contributed by atoms with Gasteiger partial charge in [0.25, 0.3) is 11.8 Å². The van der Waals surface area contributed by atoms with E-state index in [1.54, 1.807) is 24.3 Å². The van der Waals surface area contributed by atoms with Crippen molar-refractivity contribution in [2.24, 2.45) is 11.8 Å². The normalized spacial score (nSPS) is 23.0. The van der Waals surface area contributed by atoms with Gasteiger partial charge < -0.3 is 15.3 Å². The number of carbonyl (C=O) groups excluding carboxylic acids is 2. The van der Waals surface area contributed by atoms with Gasteiger partial charge in [0.15, 0.2) is 11.6 Å². The second-order valence-corrected chi connectivity index (χ2v) is 10.4. The van der Waals surface area contributed by atoms with Crippen LogP contribution in [0.4, 0.5) is 20.2 Å². The molecule has 3 aliphatic heterocycles. The molecule has 3 aliphatic rings. The minimum absolute atomic E-state index is 0.0119. The minimum Gasteiger partial charge on any atom is -0.389 e. The highest BCUT2D eigenvalue weighted by Crippen LogP contribution is 2.38. The SMILES string of the molecule is O=C1c2ccccc2C(=O)N1C[C@H](O)CNc1cc(F)c(N2CC3CCSCCC3C2)c(F)c1. The van der Waals surface area contributed by atoms with Crippen molar-refractivity contribution in [3.63, 3.8) is 0 Å². The smallest absolute Gasteiger partial charge is 0.261 e. The first-order valence-electron chi connectivity index (χ1n) is 11.6. The van der Waals surface area contributed by atoms with Crippen molar-refractivity contribution in [1.82, 2.24) is 4.90 Å². The molecule has 2 aromatic rings. The average molecular weight is 488 g/mol. The van der Waals surface area contributed by atoms with Gasteiger partial charge in [-0.1, -0.05) is 12.1 Å². The maximum absolute atomic E-state index is 14.9. The first-order valence-corrected chi connectivity index (χ1v) is 12.8. The zero-order valence-electron chi connectivity index (χ0n) is 18.7. The molecule has 0 aromatic heterocycles. The Morgan fingerprint density at radius 3 is 2.12 bits per heavy atom. The fourth-order valence-electron chi connectivity index (χ4n) is 5.23. The van der Waals surface area contributed by atoms with Crippen LogP contribution in [0.3, 0.4) is 0 Å². The largest absolute Gasteiger partial charge is 0.389 e. The number of anilines is 2. The molecular weight excluding hydrogens is 460 g/mol. The molecule has 3 heterocycles.